The molecule has 0 amide bonds. The summed E-state index contributed by atoms with van der Waals surface area (Å²) in [5.74, 6) is 0. The zero-order valence-corrected chi connectivity index (χ0v) is 12.3. The largest absolute Gasteiger partial charge is 0.270 e. The molecule has 3 rings (SSSR count). The second kappa shape index (κ2) is 6.25. The van der Waals surface area contributed by atoms with Crippen LogP contribution in [0, 0.1) is 20.2 Å². The molecule has 0 aliphatic carbocycles. The molecule has 118 valence electrons. The van der Waals surface area contributed by atoms with Crippen LogP contribution in [0.4, 0.5) is 11.4 Å². The van der Waals surface area contributed by atoms with Crippen molar-refractivity contribution in [3.8, 4) is 22.4 Å². The highest BCUT2D eigenvalue weighted by molar-refractivity contribution is 5.69. The molecule has 0 N–H and O–H groups in total. The first-order valence-corrected chi connectivity index (χ1v) is 7.00. The lowest BCUT2D eigenvalue weighted by atomic mass is 10.1. The van der Waals surface area contributed by atoms with Crippen LogP contribution in [0.15, 0.2) is 66.9 Å². The van der Waals surface area contributed by atoms with Crippen LogP contribution < -0.4 is 0 Å². The second-order valence-corrected chi connectivity index (χ2v) is 5.05. The number of nitro groups is 2. The minimum Gasteiger partial charge on any atom is -0.258 e. The maximum atomic E-state index is 10.8. The third-order valence-corrected chi connectivity index (χ3v) is 3.51. The summed E-state index contributed by atoms with van der Waals surface area (Å²) in [5, 5.41) is 21.7. The van der Waals surface area contributed by atoms with E-state index in [1.54, 1.807) is 42.6 Å². The van der Waals surface area contributed by atoms with E-state index >= 15 is 0 Å². The molecular weight excluding hydrogens is 310 g/mol. The fourth-order valence-electron chi connectivity index (χ4n) is 2.31. The van der Waals surface area contributed by atoms with E-state index in [-0.39, 0.29) is 11.4 Å². The summed E-state index contributed by atoms with van der Waals surface area (Å²) in [4.78, 5) is 25.1. The lowest BCUT2D eigenvalue weighted by Gasteiger charge is -2.04. The van der Waals surface area contributed by atoms with Crippen molar-refractivity contribution >= 4 is 11.4 Å². The van der Waals surface area contributed by atoms with Gasteiger partial charge in [0, 0.05) is 41.6 Å². The van der Waals surface area contributed by atoms with Gasteiger partial charge in [-0.3, -0.25) is 25.2 Å². The fourth-order valence-corrected chi connectivity index (χ4v) is 2.31. The molecular formula is C17H11N3O4. The van der Waals surface area contributed by atoms with Gasteiger partial charge in [-0.1, -0.05) is 30.3 Å². The van der Waals surface area contributed by atoms with Gasteiger partial charge in [0.05, 0.1) is 15.5 Å². The maximum Gasteiger partial charge on any atom is 0.270 e. The highest BCUT2D eigenvalue weighted by atomic mass is 16.6. The van der Waals surface area contributed by atoms with E-state index in [0.717, 1.165) is 5.56 Å². The molecule has 0 unspecified atom stereocenters. The molecule has 7 nitrogen and oxygen atoms in total. The van der Waals surface area contributed by atoms with E-state index in [1.165, 1.54) is 24.3 Å². The van der Waals surface area contributed by atoms with Crippen LogP contribution in [0.1, 0.15) is 0 Å². The van der Waals surface area contributed by atoms with Crippen molar-refractivity contribution in [2.24, 2.45) is 0 Å². The Bertz CT molecular complexity index is 847. The number of benzene rings is 2. The Kier molecular flexibility index (Phi) is 3.98. The van der Waals surface area contributed by atoms with E-state index in [1.807, 2.05) is 0 Å². The minimum absolute atomic E-state index is 0.00272. The van der Waals surface area contributed by atoms with Gasteiger partial charge in [0.1, 0.15) is 0 Å². The monoisotopic (exact) mass is 321 g/mol. The van der Waals surface area contributed by atoms with Gasteiger partial charge in [0.2, 0.25) is 0 Å². The summed E-state index contributed by atoms with van der Waals surface area (Å²) in [6.07, 6.45) is 1.59. The van der Waals surface area contributed by atoms with E-state index in [0.29, 0.717) is 16.8 Å². The first kappa shape index (κ1) is 15.3. The van der Waals surface area contributed by atoms with Crippen molar-refractivity contribution in [2.45, 2.75) is 0 Å². The molecule has 0 bridgehead atoms. The molecule has 0 aliphatic heterocycles. The van der Waals surface area contributed by atoms with Gasteiger partial charge >= 0.3 is 0 Å². The Morgan fingerprint density at radius 2 is 1.29 bits per heavy atom. The summed E-state index contributed by atoms with van der Waals surface area (Å²) in [5.41, 5.74) is 2.64. The number of pyridine rings is 1. The number of non-ortho nitro benzene ring substituents is 2. The molecule has 0 radical (unpaired) electrons. The fraction of sp³-hybridized carbons (Fsp3) is 0. The van der Waals surface area contributed by atoms with Crippen LogP contribution in [0.3, 0.4) is 0 Å². The van der Waals surface area contributed by atoms with Crippen molar-refractivity contribution in [1.82, 2.24) is 4.98 Å². The topological polar surface area (TPSA) is 99.2 Å². The molecule has 0 saturated carbocycles. The SMILES string of the molecule is O=[N+]([O-])c1cccc(-c2ccc(-c3cccc([N+](=O)[O-])c3)nc2)c1. The predicted octanol–water partition coefficient (Wildman–Crippen LogP) is 4.23. The minimum atomic E-state index is -0.457. The first-order valence-electron chi connectivity index (χ1n) is 7.00. The summed E-state index contributed by atoms with van der Waals surface area (Å²) in [7, 11) is 0. The van der Waals surface area contributed by atoms with Gasteiger partial charge in [-0.05, 0) is 11.6 Å². The summed E-state index contributed by atoms with van der Waals surface area (Å²) in [6, 6.07) is 16.0. The van der Waals surface area contributed by atoms with Gasteiger partial charge in [0.15, 0.2) is 0 Å². The Morgan fingerprint density at radius 3 is 1.83 bits per heavy atom. The Balaban J connectivity index is 1.94. The molecule has 0 aliphatic rings. The summed E-state index contributed by atoms with van der Waals surface area (Å²) >= 11 is 0. The van der Waals surface area contributed by atoms with Crippen LogP contribution in [0.2, 0.25) is 0 Å². The zero-order chi connectivity index (χ0) is 17.1. The highest BCUT2D eigenvalue weighted by Crippen LogP contribution is 2.26. The van der Waals surface area contributed by atoms with E-state index in [2.05, 4.69) is 4.98 Å². The summed E-state index contributed by atoms with van der Waals surface area (Å²) < 4.78 is 0. The normalized spacial score (nSPS) is 10.3. The lowest BCUT2D eigenvalue weighted by molar-refractivity contribution is -0.385. The highest BCUT2D eigenvalue weighted by Gasteiger charge is 2.10. The van der Waals surface area contributed by atoms with E-state index in [4.69, 9.17) is 0 Å². The number of hydrogen-bond acceptors (Lipinski definition) is 5. The van der Waals surface area contributed by atoms with Gasteiger partial charge in [-0.2, -0.15) is 0 Å². The maximum absolute atomic E-state index is 10.8. The molecule has 2 aromatic carbocycles. The van der Waals surface area contributed by atoms with E-state index < -0.39 is 9.85 Å². The van der Waals surface area contributed by atoms with Crippen molar-refractivity contribution in [1.29, 1.82) is 0 Å². The third-order valence-electron chi connectivity index (χ3n) is 3.51. The molecule has 0 atom stereocenters. The number of hydrogen-bond donors (Lipinski definition) is 0. The zero-order valence-electron chi connectivity index (χ0n) is 12.3. The van der Waals surface area contributed by atoms with Crippen molar-refractivity contribution in [3.63, 3.8) is 0 Å². The Morgan fingerprint density at radius 1 is 0.708 bits per heavy atom. The van der Waals surface area contributed by atoms with Gasteiger partial charge in [-0.25, -0.2) is 0 Å². The first-order chi connectivity index (χ1) is 11.5. The van der Waals surface area contributed by atoms with E-state index in [9.17, 15) is 20.2 Å². The van der Waals surface area contributed by atoms with Crippen molar-refractivity contribution < 1.29 is 9.85 Å². The molecule has 0 saturated heterocycles. The van der Waals surface area contributed by atoms with Crippen LogP contribution in [-0.2, 0) is 0 Å². The predicted molar refractivity (Wildman–Crippen MR) is 88.4 cm³/mol. The van der Waals surface area contributed by atoms with Crippen LogP contribution in [0.25, 0.3) is 22.4 Å². The lowest BCUT2D eigenvalue weighted by Crippen LogP contribution is -1.90. The van der Waals surface area contributed by atoms with Crippen molar-refractivity contribution in [3.05, 3.63) is 87.1 Å². The standard InChI is InChI=1S/C17H11N3O4/c21-19(22)15-5-1-3-12(9-15)14-7-8-17(18-11-14)13-4-2-6-16(10-13)20(23)24/h1-11H. The number of aromatic nitrogens is 1. The number of rotatable bonds is 4. The molecule has 0 spiro atoms. The van der Waals surface area contributed by atoms with Gasteiger partial charge in [0.25, 0.3) is 11.4 Å². The average Bonchev–Trinajstić information content (AvgIpc) is 2.62. The van der Waals surface area contributed by atoms with Gasteiger partial charge < -0.3 is 0 Å². The molecule has 7 heteroatoms. The number of nitro benzene ring substituents is 2. The Hall–Kier alpha value is -3.61. The quantitative estimate of drug-likeness (QED) is 0.529. The molecule has 3 aromatic rings. The molecule has 1 heterocycles. The van der Waals surface area contributed by atoms with Crippen molar-refractivity contribution in [2.75, 3.05) is 0 Å². The Labute approximate surface area is 136 Å². The molecule has 1 aromatic heterocycles. The van der Waals surface area contributed by atoms with Crippen LogP contribution in [-0.4, -0.2) is 14.8 Å². The molecule has 0 fully saturated rings. The van der Waals surface area contributed by atoms with Crippen LogP contribution >= 0.6 is 0 Å². The summed E-state index contributed by atoms with van der Waals surface area (Å²) in [6.45, 7) is 0. The van der Waals surface area contributed by atoms with Gasteiger partial charge in [-0.15, -0.1) is 0 Å². The second-order valence-electron chi connectivity index (χ2n) is 5.05. The van der Waals surface area contributed by atoms with Crippen LogP contribution in [0.5, 0.6) is 0 Å². The molecule has 24 heavy (non-hydrogen) atoms. The third kappa shape index (κ3) is 3.09. The average molecular weight is 321 g/mol. The number of nitrogens with zero attached hydrogens (tertiary/aromatic N) is 3. The smallest absolute Gasteiger partial charge is 0.258 e.